The van der Waals surface area contributed by atoms with Gasteiger partial charge in [0.25, 0.3) is 11.8 Å². The molecular weight excluding hydrogens is 288 g/mol. The van der Waals surface area contributed by atoms with E-state index in [-0.39, 0.29) is 17.5 Å². The van der Waals surface area contributed by atoms with Crippen LogP contribution < -0.4 is 21.7 Å². The van der Waals surface area contributed by atoms with Crippen LogP contribution in [0.3, 0.4) is 0 Å². The van der Waals surface area contributed by atoms with Crippen LogP contribution in [0.2, 0.25) is 0 Å². The first kappa shape index (κ1) is 15.4. The molecular formula is C14H20N4O2S. The number of hydrogen-bond donors (Lipinski definition) is 4. The fourth-order valence-corrected chi connectivity index (χ4v) is 3.16. The topological polar surface area (TPSA) is 96.2 Å². The molecule has 0 atom stereocenters. The summed E-state index contributed by atoms with van der Waals surface area (Å²) in [6.45, 7) is 3.91. The van der Waals surface area contributed by atoms with E-state index >= 15 is 0 Å². The van der Waals surface area contributed by atoms with Crippen LogP contribution in [0.15, 0.2) is 12.7 Å². The first-order valence-electron chi connectivity index (χ1n) is 6.88. The van der Waals surface area contributed by atoms with Crippen LogP contribution in [0.25, 0.3) is 0 Å². The first-order chi connectivity index (χ1) is 10.1. The lowest BCUT2D eigenvalue weighted by Crippen LogP contribution is -2.28. The Bertz CT molecular complexity index is 564. The number of nitrogens with two attached hydrogens (primary N) is 1. The molecule has 5 N–H and O–H groups in total. The van der Waals surface area contributed by atoms with Gasteiger partial charge in [0.1, 0.15) is 9.88 Å². The van der Waals surface area contributed by atoms with Gasteiger partial charge in [0, 0.05) is 19.6 Å². The molecule has 1 aromatic rings. The zero-order valence-electron chi connectivity index (χ0n) is 12.0. The van der Waals surface area contributed by atoms with Crippen molar-refractivity contribution in [3.8, 4) is 0 Å². The van der Waals surface area contributed by atoms with E-state index in [1.54, 1.807) is 13.1 Å². The Labute approximate surface area is 127 Å². The van der Waals surface area contributed by atoms with Crippen molar-refractivity contribution in [1.82, 2.24) is 10.6 Å². The van der Waals surface area contributed by atoms with Crippen LogP contribution in [-0.2, 0) is 0 Å². The summed E-state index contributed by atoms with van der Waals surface area (Å²) in [6, 6.07) is 0.357. The lowest BCUT2D eigenvalue weighted by atomic mass is 9.93. The van der Waals surface area contributed by atoms with Crippen molar-refractivity contribution in [3.63, 3.8) is 0 Å². The third-order valence-electron chi connectivity index (χ3n) is 3.45. The highest BCUT2D eigenvalue weighted by Crippen LogP contribution is 2.37. The normalized spacial score (nSPS) is 14.1. The Balaban J connectivity index is 2.30. The minimum Gasteiger partial charge on any atom is -0.397 e. The van der Waals surface area contributed by atoms with Gasteiger partial charge >= 0.3 is 0 Å². The average molecular weight is 308 g/mol. The smallest absolute Gasteiger partial charge is 0.263 e. The van der Waals surface area contributed by atoms with Gasteiger partial charge in [-0.1, -0.05) is 6.08 Å². The monoisotopic (exact) mass is 308 g/mol. The Kier molecular flexibility index (Phi) is 4.85. The lowest BCUT2D eigenvalue weighted by molar-refractivity contribution is 0.0960. The number of carbonyl (C=O) groups excluding carboxylic acids is 2. The van der Waals surface area contributed by atoms with Gasteiger partial charge in [0.05, 0.1) is 11.3 Å². The largest absolute Gasteiger partial charge is 0.397 e. The second-order valence-corrected chi connectivity index (χ2v) is 5.92. The third-order valence-corrected chi connectivity index (χ3v) is 4.59. The molecule has 1 aliphatic rings. The minimum absolute atomic E-state index is 0.225. The Morgan fingerprint density at radius 3 is 2.67 bits per heavy atom. The second-order valence-electron chi connectivity index (χ2n) is 4.90. The van der Waals surface area contributed by atoms with Crippen LogP contribution in [0.4, 0.5) is 10.7 Å². The van der Waals surface area contributed by atoms with E-state index in [2.05, 4.69) is 22.5 Å². The summed E-state index contributed by atoms with van der Waals surface area (Å²) in [7, 11) is 1.55. The Morgan fingerprint density at radius 1 is 1.43 bits per heavy atom. The van der Waals surface area contributed by atoms with Gasteiger partial charge in [0.2, 0.25) is 0 Å². The van der Waals surface area contributed by atoms with E-state index in [4.69, 9.17) is 5.73 Å². The molecule has 1 heterocycles. The molecule has 0 unspecified atom stereocenters. The number of rotatable bonds is 6. The molecule has 0 saturated heterocycles. The summed E-state index contributed by atoms with van der Waals surface area (Å²) in [4.78, 5) is 24.5. The van der Waals surface area contributed by atoms with Crippen molar-refractivity contribution < 1.29 is 9.59 Å². The van der Waals surface area contributed by atoms with Crippen molar-refractivity contribution in [2.45, 2.75) is 25.3 Å². The third kappa shape index (κ3) is 3.18. The van der Waals surface area contributed by atoms with Gasteiger partial charge in [-0.3, -0.25) is 9.59 Å². The van der Waals surface area contributed by atoms with E-state index in [0.29, 0.717) is 28.0 Å². The maximum absolute atomic E-state index is 12.1. The number of hydrogen-bond acceptors (Lipinski definition) is 5. The maximum Gasteiger partial charge on any atom is 0.263 e. The van der Waals surface area contributed by atoms with Crippen molar-refractivity contribution in [3.05, 3.63) is 23.1 Å². The fourth-order valence-electron chi connectivity index (χ4n) is 2.05. The van der Waals surface area contributed by atoms with E-state index in [1.165, 1.54) is 17.8 Å². The molecule has 1 saturated carbocycles. The molecule has 1 aliphatic carbocycles. The SMILES string of the molecule is C=CCNC(=O)c1sc(NC2CCC2)c(C(=O)NC)c1N. The van der Waals surface area contributed by atoms with E-state index in [1.807, 2.05) is 0 Å². The molecule has 7 heteroatoms. The molecule has 0 bridgehead atoms. The highest BCUT2D eigenvalue weighted by atomic mass is 32.1. The lowest BCUT2D eigenvalue weighted by Gasteiger charge is -2.27. The number of amides is 2. The second kappa shape index (κ2) is 6.62. The number of nitrogens with one attached hydrogen (secondary N) is 3. The summed E-state index contributed by atoms with van der Waals surface area (Å²) < 4.78 is 0. The minimum atomic E-state index is -0.288. The zero-order valence-corrected chi connectivity index (χ0v) is 12.8. The van der Waals surface area contributed by atoms with E-state index in [9.17, 15) is 9.59 Å². The van der Waals surface area contributed by atoms with Crippen molar-refractivity contribution in [1.29, 1.82) is 0 Å². The highest BCUT2D eigenvalue weighted by Gasteiger charge is 2.27. The van der Waals surface area contributed by atoms with Gasteiger partial charge in [0.15, 0.2) is 0 Å². The van der Waals surface area contributed by atoms with E-state index < -0.39 is 0 Å². The molecule has 2 amide bonds. The predicted molar refractivity (Wildman–Crippen MR) is 85.9 cm³/mol. The first-order valence-corrected chi connectivity index (χ1v) is 7.70. The van der Waals surface area contributed by atoms with Crippen molar-refractivity contribution >= 4 is 33.8 Å². The number of carbonyl (C=O) groups is 2. The molecule has 0 radical (unpaired) electrons. The molecule has 2 rings (SSSR count). The van der Waals surface area contributed by atoms with Crippen LogP contribution in [-0.4, -0.2) is 31.4 Å². The summed E-state index contributed by atoms with van der Waals surface area (Å²) in [5.74, 6) is -0.572. The summed E-state index contributed by atoms with van der Waals surface area (Å²) in [6.07, 6.45) is 4.92. The zero-order chi connectivity index (χ0) is 15.4. The molecule has 0 spiro atoms. The van der Waals surface area contributed by atoms with Crippen molar-refractivity contribution in [2.75, 3.05) is 24.6 Å². The van der Waals surface area contributed by atoms with Crippen LogP contribution in [0.5, 0.6) is 0 Å². The van der Waals surface area contributed by atoms with Crippen molar-refractivity contribution in [2.24, 2.45) is 0 Å². The summed E-state index contributed by atoms with van der Waals surface area (Å²) in [5.41, 5.74) is 6.60. The van der Waals surface area contributed by atoms with Gasteiger partial charge < -0.3 is 21.7 Å². The molecule has 0 aliphatic heterocycles. The van der Waals surface area contributed by atoms with E-state index in [0.717, 1.165) is 12.8 Å². The molecule has 1 aromatic heterocycles. The predicted octanol–water partition coefficient (Wildman–Crippen LogP) is 1.57. The Hall–Kier alpha value is -2.02. The average Bonchev–Trinajstić information content (AvgIpc) is 2.76. The molecule has 1 fully saturated rings. The molecule has 6 nitrogen and oxygen atoms in total. The van der Waals surface area contributed by atoms with Gasteiger partial charge in [-0.2, -0.15) is 0 Å². The highest BCUT2D eigenvalue weighted by molar-refractivity contribution is 7.19. The number of nitrogen functional groups attached to an aromatic ring is 1. The van der Waals surface area contributed by atoms with Crippen LogP contribution >= 0.6 is 11.3 Å². The van der Waals surface area contributed by atoms with Crippen LogP contribution in [0.1, 0.15) is 39.3 Å². The number of anilines is 2. The standard InChI is InChI=1S/C14H20N4O2S/c1-3-7-17-13(20)11-10(15)9(12(19)16-2)14(21-11)18-8-5-4-6-8/h3,8,18H,1,4-7,15H2,2H3,(H,16,19)(H,17,20). The van der Waals surface area contributed by atoms with Crippen LogP contribution in [0, 0.1) is 0 Å². The van der Waals surface area contributed by atoms with Gasteiger partial charge in [-0.15, -0.1) is 17.9 Å². The Morgan fingerprint density at radius 2 is 2.14 bits per heavy atom. The van der Waals surface area contributed by atoms with Gasteiger partial charge in [-0.25, -0.2) is 0 Å². The molecule has 0 aromatic carbocycles. The fraction of sp³-hybridized carbons (Fsp3) is 0.429. The quantitative estimate of drug-likeness (QED) is 0.600. The molecule has 114 valence electrons. The number of thiophene rings is 1. The molecule has 21 heavy (non-hydrogen) atoms. The maximum atomic E-state index is 12.1. The summed E-state index contributed by atoms with van der Waals surface area (Å²) >= 11 is 1.22. The summed E-state index contributed by atoms with van der Waals surface area (Å²) in [5, 5.41) is 9.23. The van der Waals surface area contributed by atoms with Gasteiger partial charge in [-0.05, 0) is 19.3 Å².